The van der Waals surface area contributed by atoms with Gasteiger partial charge in [-0.1, -0.05) is 93.9 Å². The third kappa shape index (κ3) is 21.2. The van der Waals surface area contributed by atoms with Crippen LogP contribution in [0, 0.1) is 23.5 Å². The summed E-state index contributed by atoms with van der Waals surface area (Å²) in [5.74, 6) is -6.71. The van der Waals surface area contributed by atoms with E-state index in [2.05, 4.69) is 21.3 Å². The lowest BCUT2D eigenvalue weighted by atomic mass is 9.90. The highest BCUT2D eigenvalue weighted by Gasteiger charge is 2.37. The number of halogens is 2. The van der Waals surface area contributed by atoms with Crippen molar-refractivity contribution in [3.8, 4) is 45.6 Å². The van der Waals surface area contributed by atoms with E-state index in [1.807, 2.05) is 13.8 Å². The summed E-state index contributed by atoms with van der Waals surface area (Å²) in [6.07, 6.45) is 6.23. The van der Waals surface area contributed by atoms with Crippen molar-refractivity contribution >= 4 is 56.6 Å². The van der Waals surface area contributed by atoms with Crippen molar-refractivity contribution in [1.29, 1.82) is 0 Å². The molecule has 0 aliphatic rings. The molecule has 6 rings (SSSR count). The normalized spacial score (nSPS) is 12.3. The minimum absolute atomic E-state index is 0.0307. The van der Waals surface area contributed by atoms with Crippen LogP contribution < -0.4 is 39.8 Å². The zero-order valence-electron chi connectivity index (χ0n) is 55.8. The van der Waals surface area contributed by atoms with E-state index in [9.17, 15) is 51.7 Å². The molecule has 26 heteroatoms. The van der Waals surface area contributed by atoms with Gasteiger partial charge in [0.05, 0.1) is 61.6 Å². The number of nitrogens with one attached hydrogen (secondary N) is 4. The molecule has 0 radical (unpaired) electrons. The summed E-state index contributed by atoms with van der Waals surface area (Å²) in [6, 6.07) is 20.5. The van der Waals surface area contributed by atoms with Crippen LogP contribution in [-0.4, -0.2) is 97.1 Å². The lowest BCUT2D eigenvalue weighted by molar-refractivity contribution is -0.171. The van der Waals surface area contributed by atoms with E-state index in [-0.39, 0.29) is 96.9 Å². The Bertz CT molecular complexity index is 3420. The molecule has 4 aromatic carbocycles. The number of benzene rings is 4. The molecule has 2 heterocycles. The highest BCUT2D eigenvalue weighted by molar-refractivity contribution is 7.34. The summed E-state index contributed by atoms with van der Waals surface area (Å²) in [4.78, 5) is 118. The molecule has 6 amide bonds. The lowest BCUT2D eigenvalue weighted by Gasteiger charge is -2.32. The van der Waals surface area contributed by atoms with Crippen molar-refractivity contribution in [2.75, 3.05) is 26.6 Å². The van der Waals surface area contributed by atoms with Gasteiger partial charge in [0, 0.05) is 27.8 Å². The minimum Gasteiger partial charge on any atom is -0.494 e. The second-order valence-electron chi connectivity index (χ2n) is 23.0. The minimum atomic E-state index is -2.98. The first kappa shape index (κ1) is 75.4. The van der Waals surface area contributed by atoms with Crippen LogP contribution in [0.2, 0.25) is 0 Å². The summed E-state index contributed by atoms with van der Waals surface area (Å²) < 4.78 is 77.1. The summed E-state index contributed by atoms with van der Waals surface area (Å²) >= 11 is 0. The summed E-state index contributed by atoms with van der Waals surface area (Å²) in [5.41, 5.74) is 1.65. The molecule has 0 saturated heterocycles. The van der Waals surface area contributed by atoms with E-state index in [4.69, 9.17) is 37.0 Å². The van der Waals surface area contributed by atoms with E-state index in [1.165, 1.54) is 72.8 Å². The number of rotatable bonds is 40. The van der Waals surface area contributed by atoms with Crippen molar-refractivity contribution in [3.63, 3.8) is 0 Å². The van der Waals surface area contributed by atoms with Gasteiger partial charge < -0.3 is 49.3 Å². The second kappa shape index (κ2) is 37.5. The first-order valence-electron chi connectivity index (χ1n) is 32.3. The van der Waals surface area contributed by atoms with Crippen molar-refractivity contribution in [3.05, 3.63) is 142 Å². The van der Waals surface area contributed by atoms with Gasteiger partial charge in [-0.2, -0.15) is 10.1 Å². The molecular weight excluding hydrogens is 1270 g/mol. The Hall–Kier alpha value is -9.64. The number of carbonyl (C=O) groups is 8. The predicted molar refractivity (Wildman–Crippen MR) is 351 cm³/mol. The molecule has 4 N–H and O–H groups in total. The van der Waals surface area contributed by atoms with Gasteiger partial charge in [0.2, 0.25) is 24.6 Å². The number of ether oxygens (including phenoxy) is 2. The number of carbonyl (C=O) groups excluding carboxylic acids is 8. The van der Waals surface area contributed by atoms with E-state index < -0.39 is 79.4 Å². The van der Waals surface area contributed by atoms with Crippen LogP contribution in [0.3, 0.4) is 0 Å². The molecule has 516 valence electrons. The van der Waals surface area contributed by atoms with Crippen molar-refractivity contribution in [2.24, 2.45) is 11.8 Å². The molecule has 6 aromatic rings. The summed E-state index contributed by atoms with van der Waals surface area (Å²) in [6.45, 7) is 17.9. The maximum atomic E-state index is 14.1. The van der Waals surface area contributed by atoms with E-state index in [1.54, 1.807) is 67.5 Å². The average Bonchev–Trinajstić information content (AvgIpc) is 1.39. The predicted octanol–water partition coefficient (Wildman–Crippen LogP) is 13.7. The van der Waals surface area contributed by atoms with E-state index in [0.29, 0.717) is 72.3 Å². The maximum Gasteiger partial charge on any atom is 0.805 e. The Kier molecular flexibility index (Phi) is 29.4. The van der Waals surface area contributed by atoms with Crippen LogP contribution in [-0.2, 0) is 33.4 Å². The molecule has 0 aliphatic carbocycles. The van der Waals surface area contributed by atoms with Crippen molar-refractivity contribution < 1.29 is 88.7 Å². The van der Waals surface area contributed by atoms with Crippen molar-refractivity contribution in [2.45, 2.75) is 157 Å². The monoisotopic (exact) mass is 1350 g/mol. The Labute approximate surface area is 558 Å². The number of amides is 6. The second-order valence-corrected chi connectivity index (χ2v) is 23.9. The fraction of sp³-hybridized carbons (Fsp3) is 0.429. The highest BCUT2D eigenvalue weighted by Crippen LogP contribution is 2.40. The first-order chi connectivity index (χ1) is 46.1. The van der Waals surface area contributed by atoms with Crippen LogP contribution in [0.5, 0.6) is 23.0 Å². The summed E-state index contributed by atoms with van der Waals surface area (Å²) in [7, 11) is -2.98. The van der Waals surface area contributed by atoms with Gasteiger partial charge in [0.25, 0.3) is 11.8 Å². The Morgan fingerprint density at radius 1 is 0.510 bits per heavy atom. The van der Waals surface area contributed by atoms with Gasteiger partial charge in [0.1, 0.15) is 34.7 Å². The number of unbranched alkanes of at least 4 members (excludes halogenated alkanes) is 4. The van der Waals surface area contributed by atoms with Gasteiger partial charge in [-0.25, -0.2) is 27.4 Å². The van der Waals surface area contributed by atoms with Gasteiger partial charge in [-0.3, -0.25) is 28.8 Å². The number of furan rings is 2. The van der Waals surface area contributed by atoms with Crippen LogP contribution in [0.25, 0.3) is 22.6 Å². The highest BCUT2D eigenvalue weighted by atomic mass is 31.1. The molecular formula is C70H86F2N6O17P+. The third-order valence-corrected chi connectivity index (χ3v) is 16.3. The fourth-order valence-corrected chi connectivity index (χ4v) is 11.4. The summed E-state index contributed by atoms with van der Waals surface area (Å²) in [5, 5.41) is 12.3. The van der Waals surface area contributed by atoms with Crippen LogP contribution in [0.4, 0.5) is 8.78 Å². The Balaban J connectivity index is 1.08. The van der Waals surface area contributed by atoms with Gasteiger partial charge in [0.15, 0.2) is 23.0 Å². The fourth-order valence-electron chi connectivity index (χ4n) is 10.8. The SMILES string of the molecule is CCCCC[C@@H](C(=O)NCNC(=O)c1ccc(-c2cc(OCC)cc(O[P+](=O)Oc3cc(OCC)cc(-c4ccc(C(=O)NCNC(=O)[C@H](CCCCC)[C@@H](CC)N(C=O)OC(=O)c5ccc(F)cc5C(C)C)o4)c3)c2)o1)[C@@H](CC)N(C=O)OC(=O)c1ccc(F)cc1C(C)C. The largest absolute Gasteiger partial charge is 0.805 e. The van der Waals surface area contributed by atoms with E-state index in [0.717, 1.165) is 47.9 Å². The van der Waals surface area contributed by atoms with Crippen LogP contribution in [0.1, 0.15) is 198 Å². The number of nitrogens with zero attached hydrogens (tertiary/aromatic N) is 2. The quantitative estimate of drug-likeness (QED) is 0.00914. The van der Waals surface area contributed by atoms with Crippen LogP contribution in [0.15, 0.2) is 106 Å². The van der Waals surface area contributed by atoms with Crippen LogP contribution >= 0.6 is 8.25 Å². The van der Waals surface area contributed by atoms with Gasteiger partial charge in [-0.05, 0) is 147 Å². The molecule has 0 saturated carbocycles. The van der Waals surface area contributed by atoms with Crippen molar-refractivity contribution in [1.82, 2.24) is 31.4 Å². The molecule has 0 aliphatic heterocycles. The third-order valence-electron chi connectivity index (χ3n) is 15.6. The number of hydroxylamine groups is 4. The molecule has 96 heavy (non-hydrogen) atoms. The zero-order valence-corrected chi connectivity index (χ0v) is 56.7. The van der Waals surface area contributed by atoms with Gasteiger partial charge in [-0.15, -0.1) is 0 Å². The molecule has 0 bridgehead atoms. The average molecular weight is 1350 g/mol. The standard InChI is InChI=1S/C70H85F2N6O17P/c1-11-17-19-21-55(59(13-3)77(41-79)92-69(85)53-25-23-47(71)35-57(53)43(7)8)65(81)73-39-75-67(83)63-29-27-61(90-63)45-31-49(88-15-5)37-51(33-45)94-96(87)95-52-34-46(32-50(38-52)89-16-6)62-28-30-64(91-62)68(84)76-40-74-66(82)56(22-20-18-12-2)60(14-4)78(42-80)93-70(86)54-26-24-48(72)36-58(54)44(9)10/h23-38,41-44,55-56,59-60H,11-22,39-40H2,1-10H3,(H3-,73,74,75,76,81,82,83,84)/p+1/t55-,56-,59-,60-/m1/s1. The molecule has 0 spiro atoms. The lowest BCUT2D eigenvalue weighted by Crippen LogP contribution is -2.49. The molecule has 0 unspecified atom stereocenters. The molecule has 23 nitrogen and oxygen atoms in total. The zero-order chi connectivity index (χ0) is 70.0. The Morgan fingerprint density at radius 3 is 1.24 bits per heavy atom. The van der Waals surface area contributed by atoms with E-state index >= 15 is 0 Å². The smallest absolute Gasteiger partial charge is 0.494 e. The maximum absolute atomic E-state index is 14.1. The number of hydrogen-bond acceptors (Lipinski definition) is 17. The number of hydrogen-bond donors (Lipinski definition) is 4. The van der Waals surface area contributed by atoms with Gasteiger partial charge >= 0.3 is 20.2 Å². The molecule has 4 atom stereocenters. The topological polar surface area (TPSA) is 290 Å². The molecule has 2 aromatic heterocycles. The Morgan fingerprint density at radius 2 is 0.896 bits per heavy atom. The molecule has 0 fully saturated rings. The first-order valence-corrected chi connectivity index (χ1v) is 33.4.